The molecule has 0 amide bonds. The largest absolute Gasteiger partial charge is 1.00 e. The second-order valence-electron chi connectivity index (χ2n) is 10.6. The maximum absolute atomic E-state index is 13.8. The van der Waals surface area contributed by atoms with Crippen LogP contribution in [0.2, 0.25) is 10.6 Å². The molecule has 1 heterocycles. The monoisotopic (exact) mass is 1040 g/mol. The van der Waals surface area contributed by atoms with E-state index in [0.29, 0.717) is 24.3 Å². The predicted molar refractivity (Wildman–Crippen MR) is 186 cm³/mol. The third kappa shape index (κ3) is 14.9. The number of hydrazone groups is 1. The molecule has 0 saturated carbocycles. The van der Waals surface area contributed by atoms with Gasteiger partial charge in [0.15, 0.2) is 0 Å². The number of halogens is 2. The molecule has 0 fully saturated rings. The van der Waals surface area contributed by atoms with Crippen LogP contribution in [0, 0.1) is 0 Å². The van der Waals surface area contributed by atoms with Gasteiger partial charge in [0.2, 0.25) is 22.3 Å². The molecule has 0 spiro atoms. The maximum atomic E-state index is 13.8. The predicted octanol–water partition coefficient (Wildman–Crippen LogP) is -13.9. The van der Waals surface area contributed by atoms with Gasteiger partial charge in [-0.25, -0.2) is 42.1 Å². The number of nitrogens with zero attached hydrogens (tertiary/aromatic N) is 6. The topological polar surface area (TPSA) is 429 Å². The number of benzene rings is 3. The number of rotatable bonds is 11. The van der Waals surface area contributed by atoms with Gasteiger partial charge in [0.1, 0.15) is 67.7 Å². The second kappa shape index (κ2) is 23.3. The zero-order chi connectivity index (χ0) is 42.6. The van der Waals surface area contributed by atoms with Crippen LogP contribution in [-0.2, 0) is 50.6 Å². The van der Waals surface area contributed by atoms with Gasteiger partial charge in [0.05, 0.1) is 41.4 Å². The minimum absolute atomic E-state index is 0. The Morgan fingerprint density at radius 2 is 1.16 bits per heavy atom. The van der Waals surface area contributed by atoms with E-state index in [1.165, 1.54) is 0 Å². The van der Waals surface area contributed by atoms with Crippen LogP contribution < -0.4 is 164 Å². The van der Waals surface area contributed by atoms with E-state index in [-0.39, 0.29) is 182 Å². The van der Waals surface area contributed by atoms with Gasteiger partial charge in [-0.15, -0.1) is 10.2 Å². The van der Waals surface area contributed by atoms with Crippen molar-refractivity contribution in [3.05, 3.63) is 69.1 Å². The van der Waals surface area contributed by atoms with Gasteiger partial charge in [-0.05, 0) is 77.3 Å². The van der Waals surface area contributed by atoms with Crippen molar-refractivity contribution in [1.82, 2.24) is 15.0 Å². The number of hydrogen-bond donors (Lipinski definition) is 3. The zero-order valence-electron chi connectivity index (χ0n) is 31.7. The smallest absolute Gasteiger partial charge is 0.744 e. The first-order valence-corrected chi connectivity index (χ1v) is 21.8. The number of carbonyl (C=O) groups is 1. The molecule has 0 atom stereocenters. The average molecular weight is 1040 g/mol. The quantitative estimate of drug-likeness (QED) is 0.0413. The van der Waals surface area contributed by atoms with Gasteiger partial charge in [0, 0.05) is 5.69 Å². The summed E-state index contributed by atoms with van der Waals surface area (Å²) >= 11 is 11.5. The maximum Gasteiger partial charge on any atom is 1.00 e. The van der Waals surface area contributed by atoms with Crippen LogP contribution in [0.4, 0.5) is 34.4 Å². The van der Waals surface area contributed by atoms with Crippen LogP contribution in [0.1, 0.15) is 15.9 Å². The normalized spacial score (nSPS) is 13.6. The van der Waals surface area contributed by atoms with Crippen molar-refractivity contribution in [2.24, 2.45) is 15.3 Å². The van der Waals surface area contributed by atoms with Gasteiger partial charge in [-0.2, -0.15) is 20.1 Å². The Labute approximate surface area is 471 Å². The van der Waals surface area contributed by atoms with Crippen LogP contribution in [0.3, 0.4) is 0 Å². The van der Waals surface area contributed by atoms with Crippen LogP contribution in [0.15, 0.2) is 82.3 Å². The van der Waals surface area contributed by atoms with Crippen LogP contribution in [0.25, 0.3) is 6.08 Å². The van der Waals surface area contributed by atoms with E-state index in [1.807, 2.05) is 5.43 Å². The van der Waals surface area contributed by atoms with Gasteiger partial charge < -0.3 is 33.8 Å². The molecule has 0 radical (unpaired) electrons. The molecule has 1 aliphatic rings. The van der Waals surface area contributed by atoms with Gasteiger partial charge in [-0.3, -0.25) is 10.2 Å². The third-order valence-corrected chi connectivity index (χ3v) is 11.6. The molecule has 4 N–H and O–H groups in total. The Hall–Kier alpha value is -0.120. The van der Waals surface area contributed by atoms with E-state index in [0.717, 1.165) is 12.1 Å². The van der Waals surface area contributed by atoms with Crippen molar-refractivity contribution in [2.45, 2.75) is 19.6 Å². The SMILES string of the molecule is Nc1c(N=Nc2cc(S(=O)(=O)[O-])ccc2S(=O)(=O)[O-])c(S(=O)(=O)[O-])cc2c1C(=O)/C(=N/Nc1cc(Nc3nc(Cl)nc(Cl)n3)ccc1S(=O)(=O)[O-])C(S(=O)(=O)[O-])=C2.[Na+].[Na+].[Na+].[Na+].[Na+]. The number of fused-ring (bicyclic) bond motifs is 1. The summed E-state index contributed by atoms with van der Waals surface area (Å²) in [6.45, 7) is 0. The summed E-state index contributed by atoms with van der Waals surface area (Å²) in [4.78, 5) is 18.2. The molecular formula is C25H12Cl2N9Na5O16S5. The number of aromatic nitrogens is 3. The molecule has 302 valence electrons. The zero-order valence-corrected chi connectivity index (χ0v) is 47.3. The number of nitrogens with one attached hydrogen (secondary N) is 2. The Morgan fingerprint density at radius 3 is 1.66 bits per heavy atom. The molecule has 25 nitrogen and oxygen atoms in total. The first kappa shape index (κ1) is 61.9. The van der Waals surface area contributed by atoms with Gasteiger partial charge in [-0.1, -0.05) is 0 Å². The van der Waals surface area contributed by atoms with Crippen molar-refractivity contribution in [2.75, 3.05) is 16.5 Å². The molecule has 1 aromatic heterocycles. The molecule has 0 aliphatic heterocycles. The van der Waals surface area contributed by atoms with Crippen LogP contribution in [0.5, 0.6) is 0 Å². The Bertz CT molecular complexity index is 3110. The summed E-state index contributed by atoms with van der Waals surface area (Å²) in [6.07, 6.45) is 0.327. The number of nitrogens with two attached hydrogens (primary N) is 1. The summed E-state index contributed by atoms with van der Waals surface area (Å²) < 4.78 is 180. The minimum Gasteiger partial charge on any atom is -0.744 e. The average Bonchev–Trinajstić information content (AvgIpc) is 3.04. The standard InChI is InChI=1S/C25H17Cl2N9O16S5.5Na/c26-23-30-24(27)32-25(31-23)29-10-1-3-14(54(41,42)43)12(7-10)33-36-21-17(57(50,51)52)6-9-5-16(56(47,48)49)20(19(28)18(9)22(21)37)35-34-13-8-11(53(38,39)40)2-4-15(13)55(44,45)46;;;;;/h1-8,33H,28H2,(H,38,39,40)(H,41,42,43)(H,44,45,46)(H,47,48,49)(H,50,51,52)(H,29,30,31,32);;;;;/q;5*+1/p-5/b35-34?,36-21+;;;;;. The van der Waals surface area contributed by atoms with E-state index < -0.39 is 120 Å². The summed E-state index contributed by atoms with van der Waals surface area (Å²) in [7, 11) is -27.8. The van der Waals surface area contributed by atoms with E-state index in [1.54, 1.807) is 0 Å². The fourth-order valence-electron chi connectivity index (χ4n) is 4.67. The second-order valence-corrected chi connectivity index (χ2v) is 18.1. The van der Waals surface area contributed by atoms with Gasteiger partial charge in [0.25, 0.3) is 0 Å². The summed E-state index contributed by atoms with van der Waals surface area (Å²) in [5.41, 5.74) is 0.195. The van der Waals surface area contributed by atoms with Gasteiger partial charge >= 0.3 is 148 Å². The number of hydrogen-bond acceptors (Lipinski definition) is 25. The number of Topliss-reactive ketones (excluding diaryl/α,β-unsaturated/α-hetero) is 1. The van der Waals surface area contributed by atoms with Crippen molar-refractivity contribution in [3.63, 3.8) is 0 Å². The number of ketones is 1. The molecule has 3 aromatic carbocycles. The van der Waals surface area contributed by atoms with E-state index in [4.69, 9.17) is 28.9 Å². The minimum atomic E-state index is -5.79. The first-order chi connectivity index (χ1) is 26.1. The molecule has 62 heavy (non-hydrogen) atoms. The molecule has 5 rings (SSSR count). The molecule has 4 aromatic rings. The van der Waals surface area contributed by atoms with E-state index >= 15 is 0 Å². The molecule has 0 saturated heterocycles. The van der Waals surface area contributed by atoms with Crippen molar-refractivity contribution < 1.29 is 217 Å². The number of allylic oxidation sites excluding steroid dienone is 1. The summed E-state index contributed by atoms with van der Waals surface area (Å²) in [5, 5.41) is 11.9. The number of anilines is 4. The Balaban J connectivity index is 0.00000744. The van der Waals surface area contributed by atoms with Crippen LogP contribution in [-0.4, -0.2) is 91.3 Å². The summed E-state index contributed by atoms with van der Waals surface area (Å²) in [6, 6.07) is 3.84. The Morgan fingerprint density at radius 1 is 0.629 bits per heavy atom. The fourth-order valence-corrected chi connectivity index (χ4v) is 8.03. The van der Waals surface area contributed by atoms with E-state index in [2.05, 4.69) is 35.6 Å². The van der Waals surface area contributed by atoms with Crippen molar-refractivity contribution in [1.29, 1.82) is 0 Å². The van der Waals surface area contributed by atoms with Crippen LogP contribution >= 0.6 is 23.2 Å². The first-order valence-electron chi connectivity index (χ1n) is 14.0. The molecular weight excluding hydrogens is 1030 g/mol. The van der Waals surface area contributed by atoms with Crippen molar-refractivity contribution >= 4 is 126 Å². The Kier molecular flexibility index (Phi) is 23.2. The third-order valence-electron chi connectivity index (χ3n) is 6.95. The number of azo groups is 1. The summed E-state index contributed by atoms with van der Waals surface area (Å²) in [5.74, 6) is -1.98. The number of nitrogen functional groups attached to an aromatic ring is 1. The molecule has 0 bridgehead atoms. The molecule has 0 unspecified atom stereocenters. The molecule has 1 aliphatic carbocycles. The van der Waals surface area contributed by atoms with E-state index in [9.17, 15) is 69.6 Å². The number of carbonyl (C=O) groups excluding carboxylic acids is 1. The molecule has 37 heteroatoms. The van der Waals surface area contributed by atoms with Crippen molar-refractivity contribution in [3.8, 4) is 0 Å². The fraction of sp³-hybridized carbons (Fsp3) is 0.